The average Bonchev–Trinajstić information content (AvgIpc) is 2.37. The highest BCUT2D eigenvalue weighted by Crippen LogP contribution is 2.29. The molecule has 7 nitrogen and oxygen atoms in total. The van der Waals surface area contributed by atoms with Crippen LogP contribution in [-0.4, -0.2) is 34.8 Å². The zero-order chi connectivity index (χ0) is 13.7. The number of nitro groups is 1. The highest BCUT2D eigenvalue weighted by molar-refractivity contribution is 5.62. The van der Waals surface area contributed by atoms with Crippen LogP contribution >= 0.6 is 0 Å². The number of aliphatic hydroxyl groups excluding tert-OH is 2. The lowest BCUT2D eigenvalue weighted by atomic mass is 10.0. The SMILES string of the molecule is CNc1ccc(C(O)C(O)CCN)cc1[N+](=O)[O-]. The summed E-state index contributed by atoms with van der Waals surface area (Å²) in [4.78, 5) is 10.3. The van der Waals surface area contributed by atoms with E-state index in [0.29, 0.717) is 11.3 Å². The van der Waals surface area contributed by atoms with Crippen molar-refractivity contribution < 1.29 is 15.1 Å². The van der Waals surface area contributed by atoms with Gasteiger partial charge in [-0.15, -0.1) is 0 Å². The highest BCUT2D eigenvalue weighted by Gasteiger charge is 2.21. The van der Waals surface area contributed by atoms with Gasteiger partial charge in [-0.3, -0.25) is 10.1 Å². The van der Waals surface area contributed by atoms with E-state index in [2.05, 4.69) is 5.32 Å². The number of nitrogens with zero attached hydrogens (tertiary/aromatic N) is 1. The Bertz CT molecular complexity index is 425. The molecule has 2 atom stereocenters. The van der Waals surface area contributed by atoms with E-state index >= 15 is 0 Å². The summed E-state index contributed by atoms with van der Waals surface area (Å²) in [6.45, 7) is 0.231. The fourth-order valence-corrected chi connectivity index (χ4v) is 1.65. The molecule has 7 heteroatoms. The van der Waals surface area contributed by atoms with Crippen LogP contribution in [0.1, 0.15) is 18.1 Å². The highest BCUT2D eigenvalue weighted by atomic mass is 16.6. The summed E-state index contributed by atoms with van der Waals surface area (Å²) >= 11 is 0. The van der Waals surface area contributed by atoms with E-state index in [1.807, 2.05) is 0 Å². The van der Waals surface area contributed by atoms with Crippen molar-refractivity contribution in [3.05, 3.63) is 33.9 Å². The summed E-state index contributed by atoms with van der Waals surface area (Å²) in [7, 11) is 1.57. The Morgan fingerprint density at radius 1 is 1.50 bits per heavy atom. The van der Waals surface area contributed by atoms with Crippen LogP contribution in [0.4, 0.5) is 11.4 Å². The zero-order valence-electron chi connectivity index (χ0n) is 10.0. The second-order valence-electron chi connectivity index (χ2n) is 3.87. The summed E-state index contributed by atoms with van der Waals surface area (Å²) in [5.41, 5.74) is 5.78. The van der Waals surface area contributed by atoms with Crippen molar-refractivity contribution in [3.8, 4) is 0 Å². The molecule has 0 bridgehead atoms. The molecule has 1 aromatic rings. The number of anilines is 1. The lowest BCUT2D eigenvalue weighted by molar-refractivity contribution is -0.384. The van der Waals surface area contributed by atoms with Crippen molar-refractivity contribution in [2.24, 2.45) is 5.73 Å². The molecule has 0 spiro atoms. The lowest BCUT2D eigenvalue weighted by Crippen LogP contribution is -2.21. The molecule has 2 unspecified atom stereocenters. The topological polar surface area (TPSA) is 122 Å². The van der Waals surface area contributed by atoms with E-state index < -0.39 is 17.1 Å². The molecule has 0 fully saturated rings. The third-order valence-corrected chi connectivity index (χ3v) is 2.66. The third-order valence-electron chi connectivity index (χ3n) is 2.66. The Morgan fingerprint density at radius 2 is 2.17 bits per heavy atom. The molecule has 0 aliphatic carbocycles. The van der Waals surface area contributed by atoms with Gasteiger partial charge in [0.05, 0.1) is 11.0 Å². The van der Waals surface area contributed by atoms with Crippen molar-refractivity contribution in [2.75, 3.05) is 18.9 Å². The minimum absolute atomic E-state index is 0.144. The predicted molar refractivity (Wildman–Crippen MR) is 67.3 cm³/mol. The Hall–Kier alpha value is -1.70. The van der Waals surface area contributed by atoms with Gasteiger partial charge in [0.25, 0.3) is 5.69 Å². The summed E-state index contributed by atoms with van der Waals surface area (Å²) in [6, 6.07) is 4.27. The Kier molecular flexibility index (Phi) is 5.02. The summed E-state index contributed by atoms with van der Waals surface area (Å²) < 4.78 is 0. The van der Waals surface area contributed by atoms with Gasteiger partial charge in [0.2, 0.25) is 0 Å². The predicted octanol–water partition coefficient (Wildman–Crippen LogP) is 0.380. The Balaban J connectivity index is 3.04. The van der Waals surface area contributed by atoms with E-state index in [1.54, 1.807) is 7.05 Å². The van der Waals surface area contributed by atoms with Crippen LogP contribution in [0.3, 0.4) is 0 Å². The molecule has 0 aliphatic rings. The Labute approximate surface area is 104 Å². The second-order valence-corrected chi connectivity index (χ2v) is 3.87. The quantitative estimate of drug-likeness (QED) is 0.430. The van der Waals surface area contributed by atoms with Crippen LogP contribution in [0.15, 0.2) is 18.2 Å². The molecule has 0 amide bonds. The number of benzene rings is 1. The number of nitrogens with one attached hydrogen (secondary N) is 1. The minimum atomic E-state index is -1.18. The normalized spacial score (nSPS) is 14.0. The molecular weight excluding hydrogens is 238 g/mol. The number of nitro benzene ring substituents is 1. The molecule has 5 N–H and O–H groups in total. The van der Waals surface area contributed by atoms with Gasteiger partial charge in [0.1, 0.15) is 11.8 Å². The van der Waals surface area contributed by atoms with Crippen molar-refractivity contribution in [3.63, 3.8) is 0 Å². The van der Waals surface area contributed by atoms with E-state index in [4.69, 9.17) is 5.73 Å². The maximum absolute atomic E-state index is 10.9. The van der Waals surface area contributed by atoms with E-state index in [0.717, 1.165) is 0 Å². The van der Waals surface area contributed by atoms with Gasteiger partial charge >= 0.3 is 0 Å². The van der Waals surface area contributed by atoms with Gasteiger partial charge in [-0.1, -0.05) is 6.07 Å². The first-order valence-corrected chi connectivity index (χ1v) is 5.53. The third kappa shape index (κ3) is 3.16. The van der Waals surface area contributed by atoms with Crippen molar-refractivity contribution in [1.82, 2.24) is 0 Å². The first kappa shape index (κ1) is 14.4. The molecule has 1 aromatic carbocycles. The molecule has 0 radical (unpaired) electrons. The van der Waals surface area contributed by atoms with E-state index in [1.165, 1.54) is 18.2 Å². The monoisotopic (exact) mass is 255 g/mol. The van der Waals surface area contributed by atoms with E-state index in [-0.39, 0.29) is 18.7 Å². The van der Waals surface area contributed by atoms with E-state index in [9.17, 15) is 20.3 Å². The van der Waals surface area contributed by atoms with Crippen LogP contribution in [0.2, 0.25) is 0 Å². The molecule has 0 aliphatic heterocycles. The standard InChI is InChI=1S/C11H17N3O4/c1-13-8-3-2-7(6-9(8)14(17)18)11(16)10(15)4-5-12/h2-3,6,10-11,13,15-16H,4-5,12H2,1H3. The number of hydrogen-bond donors (Lipinski definition) is 4. The van der Waals surface area contributed by atoms with Crippen LogP contribution in [0, 0.1) is 10.1 Å². The molecule has 0 heterocycles. The van der Waals surface area contributed by atoms with Gasteiger partial charge in [-0.2, -0.15) is 0 Å². The summed E-state index contributed by atoms with van der Waals surface area (Å²) in [5.74, 6) is 0. The van der Waals surface area contributed by atoms with Gasteiger partial charge in [0.15, 0.2) is 0 Å². The molecule has 18 heavy (non-hydrogen) atoms. The smallest absolute Gasteiger partial charge is 0.292 e. The molecule has 1 rings (SSSR count). The second kappa shape index (κ2) is 6.29. The van der Waals surface area contributed by atoms with Crippen LogP contribution in [0.5, 0.6) is 0 Å². The van der Waals surface area contributed by atoms with Crippen molar-refractivity contribution in [1.29, 1.82) is 0 Å². The lowest BCUT2D eigenvalue weighted by Gasteiger charge is -2.17. The molecule has 0 saturated carbocycles. The van der Waals surface area contributed by atoms with Gasteiger partial charge < -0.3 is 21.3 Å². The molecular formula is C11H17N3O4. The summed E-state index contributed by atoms with van der Waals surface area (Å²) in [6.07, 6.45) is -1.99. The molecule has 0 aromatic heterocycles. The van der Waals surface area contributed by atoms with Gasteiger partial charge in [0, 0.05) is 13.1 Å². The van der Waals surface area contributed by atoms with Crippen LogP contribution in [-0.2, 0) is 0 Å². The van der Waals surface area contributed by atoms with Crippen molar-refractivity contribution in [2.45, 2.75) is 18.6 Å². The summed E-state index contributed by atoms with van der Waals surface area (Å²) in [5, 5.41) is 33.0. The number of hydrogen-bond acceptors (Lipinski definition) is 6. The molecule has 0 saturated heterocycles. The fourth-order valence-electron chi connectivity index (χ4n) is 1.65. The van der Waals surface area contributed by atoms with Gasteiger partial charge in [-0.25, -0.2) is 0 Å². The maximum Gasteiger partial charge on any atom is 0.292 e. The van der Waals surface area contributed by atoms with Crippen LogP contribution in [0.25, 0.3) is 0 Å². The maximum atomic E-state index is 10.9. The Morgan fingerprint density at radius 3 is 2.67 bits per heavy atom. The zero-order valence-corrected chi connectivity index (χ0v) is 10.0. The first-order chi connectivity index (χ1) is 8.51. The largest absolute Gasteiger partial charge is 0.390 e. The number of rotatable bonds is 6. The van der Waals surface area contributed by atoms with Crippen LogP contribution < -0.4 is 11.1 Å². The minimum Gasteiger partial charge on any atom is -0.390 e. The number of aliphatic hydroxyl groups is 2. The van der Waals surface area contributed by atoms with Crippen molar-refractivity contribution >= 4 is 11.4 Å². The molecule has 100 valence electrons. The first-order valence-electron chi connectivity index (χ1n) is 5.53. The van der Waals surface area contributed by atoms with Gasteiger partial charge in [-0.05, 0) is 24.6 Å². The number of nitrogens with two attached hydrogens (primary N) is 1. The fraction of sp³-hybridized carbons (Fsp3) is 0.455. The average molecular weight is 255 g/mol.